The first-order valence-electron chi connectivity index (χ1n) is 8.19. The van der Waals surface area contributed by atoms with Crippen LogP contribution in [0.4, 0.5) is 0 Å². The summed E-state index contributed by atoms with van der Waals surface area (Å²) >= 11 is 0. The zero-order valence-electron chi connectivity index (χ0n) is 14.7. The summed E-state index contributed by atoms with van der Waals surface area (Å²) in [6.07, 6.45) is 1.61. The third-order valence-electron chi connectivity index (χ3n) is 4.63. The highest BCUT2D eigenvalue weighted by Gasteiger charge is 2.33. The van der Waals surface area contributed by atoms with E-state index in [0.29, 0.717) is 25.3 Å². The first-order chi connectivity index (χ1) is 12.0. The molecule has 1 saturated heterocycles. The van der Waals surface area contributed by atoms with Gasteiger partial charge in [0.25, 0.3) is 5.91 Å². The standard InChI is InChI=1S/C18H22N4O3/c1-13(23)21-10-11-22(18(24)16-8-9-19-20(16)2)17(12-21)14-4-6-15(25-3)7-5-14/h4-9,17H,10-12H2,1-3H3. The number of benzene rings is 1. The molecule has 1 aromatic heterocycles. The van der Waals surface area contributed by atoms with Crippen LogP contribution in [-0.4, -0.2) is 58.1 Å². The van der Waals surface area contributed by atoms with Crippen LogP contribution in [0.5, 0.6) is 5.75 Å². The van der Waals surface area contributed by atoms with Gasteiger partial charge in [-0.25, -0.2) is 0 Å². The number of amides is 2. The molecule has 0 N–H and O–H groups in total. The van der Waals surface area contributed by atoms with E-state index in [4.69, 9.17) is 4.74 Å². The summed E-state index contributed by atoms with van der Waals surface area (Å²) in [7, 11) is 3.37. The minimum Gasteiger partial charge on any atom is -0.497 e. The zero-order chi connectivity index (χ0) is 18.0. The van der Waals surface area contributed by atoms with Crippen molar-refractivity contribution in [2.24, 2.45) is 7.05 Å². The Hall–Kier alpha value is -2.83. The van der Waals surface area contributed by atoms with Gasteiger partial charge in [-0.15, -0.1) is 0 Å². The Kier molecular flexibility index (Phi) is 4.74. The Bertz CT molecular complexity index is 769. The minimum absolute atomic E-state index is 0.0196. The molecule has 2 heterocycles. The second-order valence-electron chi connectivity index (χ2n) is 6.09. The van der Waals surface area contributed by atoms with Gasteiger partial charge in [-0.1, -0.05) is 12.1 Å². The molecule has 2 aromatic rings. The number of rotatable bonds is 3. The molecule has 25 heavy (non-hydrogen) atoms. The lowest BCUT2D eigenvalue weighted by Crippen LogP contribution is -2.52. The van der Waals surface area contributed by atoms with Gasteiger partial charge in [0.1, 0.15) is 11.4 Å². The topological polar surface area (TPSA) is 67.7 Å². The van der Waals surface area contributed by atoms with Crippen LogP contribution in [0.15, 0.2) is 36.5 Å². The fourth-order valence-electron chi connectivity index (χ4n) is 3.15. The van der Waals surface area contributed by atoms with Gasteiger partial charge in [0.15, 0.2) is 0 Å². The average Bonchev–Trinajstić information content (AvgIpc) is 3.06. The third kappa shape index (κ3) is 3.35. The van der Waals surface area contributed by atoms with E-state index in [0.717, 1.165) is 11.3 Å². The number of carbonyl (C=O) groups excluding carboxylic acids is 2. The second-order valence-corrected chi connectivity index (χ2v) is 6.09. The van der Waals surface area contributed by atoms with E-state index >= 15 is 0 Å². The summed E-state index contributed by atoms with van der Waals surface area (Å²) in [6, 6.07) is 9.13. The third-order valence-corrected chi connectivity index (χ3v) is 4.63. The highest BCUT2D eigenvalue weighted by Crippen LogP contribution is 2.28. The lowest BCUT2D eigenvalue weighted by atomic mass is 10.0. The highest BCUT2D eigenvalue weighted by atomic mass is 16.5. The summed E-state index contributed by atoms with van der Waals surface area (Å²) < 4.78 is 6.78. The quantitative estimate of drug-likeness (QED) is 0.847. The number of piperazine rings is 1. The average molecular weight is 342 g/mol. The first-order valence-corrected chi connectivity index (χ1v) is 8.19. The van der Waals surface area contributed by atoms with Crippen molar-refractivity contribution >= 4 is 11.8 Å². The first kappa shape index (κ1) is 17.0. The molecule has 0 radical (unpaired) electrons. The molecule has 1 aliphatic rings. The van der Waals surface area contributed by atoms with Crippen molar-refractivity contribution in [3.63, 3.8) is 0 Å². The van der Waals surface area contributed by atoms with E-state index in [1.807, 2.05) is 29.2 Å². The van der Waals surface area contributed by atoms with Crippen LogP contribution in [0.25, 0.3) is 0 Å². The molecular weight excluding hydrogens is 320 g/mol. The fourth-order valence-corrected chi connectivity index (χ4v) is 3.15. The van der Waals surface area contributed by atoms with E-state index in [1.165, 1.54) is 0 Å². The highest BCUT2D eigenvalue weighted by molar-refractivity contribution is 5.93. The summed E-state index contributed by atoms with van der Waals surface area (Å²) in [6.45, 7) is 3.06. The van der Waals surface area contributed by atoms with Crippen molar-refractivity contribution in [3.05, 3.63) is 47.8 Å². The normalized spacial score (nSPS) is 17.5. The van der Waals surface area contributed by atoms with Crippen LogP contribution in [0, 0.1) is 0 Å². The zero-order valence-corrected chi connectivity index (χ0v) is 14.7. The summed E-state index contributed by atoms with van der Waals surface area (Å²) in [5.74, 6) is 0.697. The van der Waals surface area contributed by atoms with E-state index in [-0.39, 0.29) is 17.9 Å². The van der Waals surface area contributed by atoms with Gasteiger partial charge in [0, 0.05) is 39.8 Å². The van der Waals surface area contributed by atoms with Gasteiger partial charge in [-0.3, -0.25) is 14.3 Å². The number of aromatic nitrogens is 2. The Morgan fingerprint density at radius 3 is 2.44 bits per heavy atom. The van der Waals surface area contributed by atoms with Crippen molar-refractivity contribution < 1.29 is 14.3 Å². The van der Waals surface area contributed by atoms with Crippen LogP contribution in [0.3, 0.4) is 0 Å². The minimum atomic E-state index is -0.203. The van der Waals surface area contributed by atoms with Gasteiger partial charge >= 0.3 is 0 Å². The van der Waals surface area contributed by atoms with E-state index in [1.54, 1.807) is 42.9 Å². The predicted molar refractivity (Wildman–Crippen MR) is 92.2 cm³/mol. The lowest BCUT2D eigenvalue weighted by Gasteiger charge is -2.41. The van der Waals surface area contributed by atoms with E-state index in [2.05, 4.69) is 5.10 Å². The molecule has 0 saturated carbocycles. The van der Waals surface area contributed by atoms with Gasteiger partial charge < -0.3 is 14.5 Å². The molecule has 7 heteroatoms. The van der Waals surface area contributed by atoms with Crippen molar-refractivity contribution in [2.45, 2.75) is 13.0 Å². The molecule has 7 nitrogen and oxygen atoms in total. The molecular formula is C18H22N4O3. The van der Waals surface area contributed by atoms with Gasteiger partial charge in [-0.2, -0.15) is 5.10 Å². The second kappa shape index (κ2) is 6.96. The maximum atomic E-state index is 13.0. The van der Waals surface area contributed by atoms with Crippen molar-refractivity contribution in [1.82, 2.24) is 19.6 Å². The van der Waals surface area contributed by atoms with Crippen molar-refractivity contribution in [1.29, 1.82) is 0 Å². The van der Waals surface area contributed by atoms with E-state index < -0.39 is 0 Å². The summed E-state index contributed by atoms with van der Waals surface area (Å²) in [5, 5.41) is 4.08. The molecule has 1 unspecified atom stereocenters. The van der Waals surface area contributed by atoms with Crippen LogP contribution >= 0.6 is 0 Å². The van der Waals surface area contributed by atoms with Crippen LogP contribution in [-0.2, 0) is 11.8 Å². The van der Waals surface area contributed by atoms with E-state index in [9.17, 15) is 9.59 Å². The SMILES string of the molecule is COc1ccc(C2CN(C(C)=O)CCN2C(=O)c2ccnn2C)cc1. The number of aryl methyl sites for hydroxylation is 1. The molecule has 0 aliphatic carbocycles. The summed E-state index contributed by atoms with van der Waals surface area (Å²) in [4.78, 5) is 28.4. The summed E-state index contributed by atoms with van der Waals surface area (Å²) in [5.41, 5.74) is 1.51. The Morgan fingerprint density at radius 1 is 1.16 bits per heavy atom. The molecule has 3 rings (SSSR count). The molecule has 2 amide bonds. The monoisotopic (exact) mass is 342 g/mol. The Balaban J connectivity index is 1.92. The number of nitrogens with zero attached hydrogens (tertiary/aromatic N) is 4. The predicted octanol–water partition coefficient (Wildman–Crippen LogP) is 1.47. The molecule has 132 valence electrons. The number of hydrogen-bond donors (Lipinski definition) is 0. The number of methoxy groups -OCH3 is 1. The smallest absolute Gasteiger partial charge is 0.272 e. The van der Waals surface area contributed by atoms with Crippen molar-refractivity contribution in [3.8, 4) is 5.75 Å². The maximum Gasteiger partial charge on any atom is 0.272 e. The molecule has 1 fully saturated rings. The molecule has 1 aromatic carbocycles. The van der Waals surface area contributed by atoms with Crippen LogP contribution in [0.2, 0.25) is 0 Å². The van der Waals surface area contributed by atoms with Gasteiger partial charge in [-0.05, 0) is 23.8 Å². The fraction of sp³-hybridized carbons (Fsp3) is 0.389. The molecule has 0 bridgehead atoms. The van der Waals surface area contributed by atoms with Gasteiger partial charge in [0.2, 0.25) is 5.91 Å². The molecule has 1 atom stereocenters. The van der Waals surface area contributed by atoms with Crippen LogP contribution in [0.1, 0.15) is 29.0 Å². The van der Waals surface area contributed by atoms with Crippen LogP contribution < -0.4 is 4.74 Å². The maximum absolute atomic E-state index is 13.0. The number of carbonyl (C=O) groups is 2. The number of hydrogen-bond acceptors (Lipinski definition) is 4. The Morgan fingerprint density at radius 2 is 1.88 bits per heavy atom. The Labute approximate surface area is 146 Å². The lowest BCUT2D eigenvalue weighted by molar-refractivity contribution is -0.131. The largest absolute Gasteiger partial charge is 0.497 e. The number of ether oxygens (including phenoxy) is 1. The molecule has 1 aliphatic heterocycles. The molecule has 0 spiro atoms. The van der Waals surface area contributed by atoms with Crippen molar-refractivity contribution in [2.75, 3.05) is 26.7 Å². The van der Waals surface area contributed by atoms with Gasteiger partial charge in [0.05, 0.1) is 13.2 Å².